The predicted molar refractivity (Wildman–Crippen MR) is 82.8 cm³/mol. The van der Waals surface area contributed by atoms with E-state index in [0.29, 0.717) is 25.3 Å². The molecule has 2 rings (SSSR count). The van der Waals surface area contributed by atoms with Gasteiger partial charge in [-0.3, -0.25) is 4.79 Å². The fraction of sp³-hybridized carbons (Fsp3) is 0.250. The minimum absolute atomic E-state index is 0.0266. The molecule has 1 heterocycles. The van der Waals surface area contributed by atoms with Gasteiger partial charge in [-0.25, -0.2) is 9.97 Å². The zero-order chi connectivity index (χ0) is 15.8. The highest BCUT2D eigenvalue weighted by atomic mass is 16.2. The summed E-state index contributed by atoms with van der Waals surface area (Å²) in [6.07, 6.45) is 3.29. The van der Waals surface area contributed by atoms with Crippen molar-refractivity contribution in [1.82, 2.24) is 14.9 Å². The van der Waals surface area contributed by atoms with Gasteiger partial charge in [-0.1, -0.05) is 30.3 Å². The molecular weight excluding hydrogens is 278 g/mol. The van der Waals surface area contributed by atoms with Crippen molar-refractivity contribution in [3.05, 3.63) is 54.0 Å². The largest absolute Gasteiger partial charge is 0.367 e. The lowest BCUT2D eigenvalue weighted by Gasteiger charge is -2.17. The van der Waals surface area contributed by atoms with Crippen molar-refractivity contribution in [3.8, 4) is 6.07 Å². The molecular formula is C16H17N5O. The molecule has 2 aromatic rings. The third kappa shape index (κ3) is 4.28. The van der Waals surface area contributed by atoms with Crippen LogP contribution in [-0.4, -0.2) is 34.4 Å². The number of carbonyl (C=O) groups excluding carboxylic acids is 1. The highest BCUT2D eigenvalue weighted by Gasteiger charge is 2.10. The number of amides is 1. The van der Waals surface area contributed by atoms with Crippen molar-refractivity contribution in [1.29, 1.82) is 5.26 Å². The summed E-state index contributed by atoms with van der Waals surface area (Å²) in [4.78, 5) is 21.7. The second-order valence-corrected chi connectivity index (χ2v) is 4.78. The summed E-state index contributed by atoms with van der Waals surface area (Å²) in [5, 5.41) is 11.9. The third-order valence-electron chi connectivity index (χ3n) is 3.12. The minimum atomic E-state index is 0.0266. The second kappa shape index (κ2) is 7.74. The topological polar surface area (TPSA) is 81.9 Å². The molecule has 0 unspecified atom stereocenters. The van der Waals surface area contributed by atoms with E-state index in [-0.39, 0.29) is 11.6 Å². The Balaban J connectivity index is 1.81. The summed E-state index contributed by atoms with van der Waals surface area (Å²) < 4.78 is 0. The Morgan fingerprint density at radius 3 is 2.73 bits per heavy atom. The SMILES string of the molecule is CN(Cc1ccccc1)C(=O)CCNc1nccnc1C#N. The average Bonchev–Trinajstić information content (AvgIpc) is 2.56. The van der Waals surface area contributed by atoms with Crippen molar-refractivity contribution in [3.63, 3.8) is 0 Å². The molecule has 0 spiro atoms. The van der Waals surface area contributed by atoms with E-state index in [1.54, 1.807) is 11.9 Å². The van der Waals surface area contributed by atoms with Gasteiger partial charge in [0.15, 0.2) is 11.5 Å². The van der Waals surface area contributed by atoms with Gasteiger partial charge in [0.2, 0.25) is 5.91 Å². The fourth-order valence-electron chi connectivity index (χ4n) is 1.97. The van der Waals surface area contributed by atoms with Crippen LogP contribution in [0.25, 0.3) is 0 Å². The molecule has 0 aliphatic carbocycles. The average molecular weight is 295 g/mol. The number of hydrogen-bond donors (Lipinski definition) is 1. The number of nitriles is 1. The molecule has 6 nitrogen and oxygen atoms in total. The van der Waals surface area contributed by atoms with Gasteiger partial charge in [0.25, 0.3) is 0 Å². The molecule has 1 aromatic carbocycles. The summed E-state index contributed by atoms with van der Waals surface area (Å²) in [6.45, 7) is 0.986. The number of carbonyl (C=O) groups is 1. The van der Waals surface area contributed by atoms with Gasteiger partial charge in [0.05, 0.1) is 0 Å². The van der Waals surface area contributed by atoms with Crippen LogP contribution in [0.4, 0.5) is 5.82 Å². The summed E-state index contributed by atoms with van der Waals surface area (Å²) in [5.41, 5.74) is 1.32. The van der Waals surface area contributed by atoms with Crippen LogP contribution in [0.3, 0.4) is 0 Å². The first-order valence-corrected chi connectivity index (χ1v) is 6.93. The number of nitrogens with zero attached hydrogens (tertiary/aromatic N) is 4. The molecule has 0 saturated carbocycles. The van der Waals surface area contributed by atoms with Crippen LogP contribution in [0.2, 0.25) is 0 Å². The van der Waals surface area contributed by atoms with Crippen LogP contribution >= 0.6 is 0 Å². The Hall–Kier alpha value is -2.94. The maximum absolute atomic E-state index is 12.1. The molecule has 1 N–H and O–H groups in total. The predicted octanol–water partition coefficient (Wildman–Crippen LogP) is 1.81. The molecule has 0 aliphatic heterocycles. The van der Waals surface area contributed by atoms with E-state index in [4.69, 9.17) is 5.26 Å². The van der Waals surface area contributed by atoms with E-state index in [2.05, 4.69) is 15.3 Å². The number of aromatic nitrogens is 2. The van der Waals surface area contributed by atoms with E-state index in [1.807, 2.05) is 36.4 Å². The van der Waals surface area contributed by atoms with E-state index in [9.17, 15) is 4.79 Å². The Morgan fingerprint density at radius 2 is 2.00 bits per heavy atom. The molecule has 0 fully saturated rings. The van der Waals surface area contributed by atoms with Gasteiger partial charge in [-0.15, -0.1) is 0 Å². The number of rotatable bonds is 6. The van der Waals surface area contributed by atoms with Crippen molar-refractivity contribution in [2.75, 3.05) is 18.9 Å². The van der Waals surface area contributed by atoms with Crippen LogP contribution in [0.5, 0.6) is 0 Å². The van der Waals surface area contributed by atoms with Crippen molar-refractivity contribution >= 4 is 11.7 Å². The molecule has 0 aliphatic rings. The lowest BCUT2D eigenvalue weighted by atomic mass is 10.2. The van der Waals surface area contributed by atoms with E-state index in [1.165, 1.54) is 12.4 Å². The lowest BCUT2D eigenvalue weighted by molar-refractivity contribution is -0.130. The van der Waals surface area contributed by atoms with Crippen molar-refractivity contribution in [2.45, 2.75) is 13.0 Å². The van der Waals surface area contributed by atoms with Gasteiger partial charge >= 0.3 is 0 Å². The number of anilines is 1. The summed E-state index contributed by atoms with van der Waals surface area (Å²) >= 11 is 0. The molecule has 0 saturated heterocycles. The molecule has 1 aromatic heterocycles. The smallest absolute Gasteiger partial charge is 0.224 e. The molecule has 0 atom stereocenters. The number of benzene rings is 1. The van der Waals surface area contributed by atoms with E-state index < -0.39 is 0 Å². The van der Waals surface area contributed by atoms with Gasteiger partial charge in [0, 0.05) is 39.0 Å². The number of nitrogens with one attached hydrogen (secondary N) is 1. The summed E-state index contributed by atoms with van der Waals surface area (Å²) in [7, 11) is 1.78. The van der Waals surface area contributed by atoms with E-state index >= 15 is 0 Å². The Bertz CT molecular complexity index is 666. The molecule has 1 amide bonds. The first-order valence-electron chi connectivity index (χ1n) is 6.93. The van der Waals surface area contributed by atoms with Gasteiger partial charge in [-0.05, 0) is 5.56 Å². The maximum atomic E-state index is 12.1. The summed E-state index contributed by atoms with van der Waals surface area (Å²) in [6, 6.07) is 11.8. The normalized spacial score (nSPS) is 9.82. The molecule has 22 heavy (non-hydrogen) atoms. The highest BCUT2D eigenvalue weighted by molar-refractivity contribution is 5.76. The van der Waals surface area contributed by atoms with E-state index in [0.717, 1.165) is 5.56 Å². The summed E-state index contributed by atoms with van der Waals surface area (Å²) in [5.74, 6) is 0.433. The molecule has 0 bridgehead atoms. The van der Waals surface area contributed by atoms with Gasteiger partial charge in [0.1, 0.15) is 6.07 Å². The molecule has 112 valence electrons. The molecule has 6 heteroatoms. The quantitative estimate of drug-likeness (QED) is 0.879. The fourth-order valence-corrected chi connectivity index (χ4v) is 1.97. The maximum Gasteiger partial charge on any atom is 0.224 e. The van der Waals surface area contributed by atoms with Crippen molar-refractivity contribution < 1.29 is 4.79 Å². The minimum Gasteiger partial charge on any atom is -0.367 e. The molecule has 0 radical (unpaired) electrons. The zero-order valence-corrected chi connectivity index (χ0v) is 12.4. The third-order valence-corrected chi connectivity index (χ3v) is 3.12. The second-order valence-electron chi connectivity index (χ2n) is 4.78. The number of hydrogen-bond acceptors (Lipinski definition) is 5. The van der Waals surface area contributed by atoms with Crippen molar-refractivity contribution in [2.24, 2.45) is 0 Å². The Morgan fingerprint density at radius 1 is 1.27 bits per heavy atom. The van der Waals surface area contributed by atoms with Crippen LogP contribution in [0.15, 0.2) is 42.7 Å². The zero-order valence-electron chi connectivity index (χ0n) is 12.4. The van der Waals surface area contributed by atoms with Crippen LogP contribution < -0.4 is 5.32 Å². The van der Waals surface area contributed by atoms with Crippen LogP contribution in [-0.2, 0) is 11.3 Å². The van der Waals surface area contributed by atoms with Gasteiger partial charge in [-0.2, -0.15) is 5.26 Å². The standard InChI is InChI=1S/C16H17N5O/c1-21(12-13-5-3-2-4-6-13)15(22)7-8-19-16-14(11-17)18-9-10-20-16/h2-6,9-10H,7-8,12H2,1H3,(H,19,20). The van der Waals surface area contributed by atoms with Gasteiger partial charge < -0.3 is 10.2 Å². The van der Waals surface area contributed by atoms with Crippen LogP contribution in [0, 0.1) is 11.3 Å². The monoisotopic (exact) mass is 295 g/mol. The van der Waals surface area contributed by atoms with Crippen LogP contribution in [0.1, 0.15) is 17.7 Å². The first kappa shape index (κ1) is 15.4. The highest BCUT2D eigenvalue weighted by Crippen LogP contribution is 2.07. The lowest BCUT2D eigenvalue weighted by Crippen LogP contribution is -2.27. The Kier molecular flexibility index (Phi) is 5.44. The Labute approximate surface area is 129 Å². The first-order chi connectivity index (χ1) is 10.7.